The summed E-state index contributed by atoms with van der Waals surface area (Å²) in [6, 6.07) is 16.4. The summed E-state index contributed by atoms with van der Waals surface area (Å²) in [4.78, 5) is 28.5. The second kappa shape index (κ2) is 7.16. The molecule has 0 aromatic heterocycles. The Balaban J connectivity index is 1.38. The van der Waals surface area contributed by atoms with E-state index in [1.807, 2.05) is 24.3 Å². The van der Waals surface area contributed by atoms with E-state index in [2.05, 4.69) is 24.3 Å². The molecule has 0 aliphatic carbocycles. The maximum absolute atomic E-state index is 12.5. The number of benzene rings is 2. The molecule has 4 rings (SSSR count). The molecule has 0 spiro atoms. The van der Waals surface area contributed by atoms with Crippen LogP contribution in [0, 0.1) is 0 Å². The van der Waals surface area contributed by atoms with E-state index in [4.69, 9.17) is 0 Å². The summed E-state index contributed by atoms with van der Waals surface area (Å²) in [6.07, 6.45) is 4.59. The van der Waals surface area contributed by atoms with Gasteiger partial charge in [-0.05, 0) is 35.1 Å². The van der Waals surface area contributed by atoms with Crippen LogP contribution in [0.4, 0.5) is 0 Å². The maximum Gasteiger partial charge on any atom is 0.247 e. The number of hydrogen-bond donors (Lipinski definition) is 0. The Kier molecular flexibility index (Phi) is 4.57. The lowest BCUT2D eigenvalue weighted by Crippen LogP contribution is -2.36. The van der Waals surface area contributed by atoms with Gasteiger partial charge in [0.05, 0.1) is 0 Å². The SMILES string of the molecule is O=C(/C=C\C(=O)N1CCc2ccccc2C1)N1CCc2ccccc2C1. The van der Waals surface area contributed by atoms with Crippen molar-refractivity contribution >= 4 is 11.8 Å². The van der Waals surface area contributed by atoms with Gasteiger partial charge in [0.15, 0.2) is 0 Å². The van der Waals surface area contributed by atoms with Gasteiger partial charge in [0.2, 0.25) is 11.8 Å². The van der Waals surface area contributed by atoms with Gasteiger partial charge in [-0.25, -0.2) is 0 Å². The minimum atomic E-state index is -0.0923. The van der Waals surface area contributed by atoms with Crippen molar-refractivity contribution in [3.63, 3.8) is 0 Å². The molecule has 0 bridgehead atoms. The van der Waals surface area contributed by atoms with Crippen molar-refractivity contribution in [3.05, 3.63) is 82.9 Å². The van der Waals surface area contributed by atoms with Crippen LogP contribution in [0.3, 0.4) is 0 Å². The molecule has 0 saturated heterocycles. The fourth-order valence-corrected chi connectivity index (χ4v) is 3.72. The van der Waals surface area contributed by atoms with Crippen molar-refractivity contribution < 1.29 is 9.59 Å². The van der Waals surface area contributed by atoms with Crippen molar-refractivity contribution in [2.75, 3.05) is 13.1 Å². The zero-order valence-electron chi connectivity index (χ0n) is 14.7. The van der Waals surface area contributed by atoms with E-state index in [1.165, 1.54) is 34.4 Å². The second-order valence-electron chi connectivity index (χ2n) is 6.89. The van der Waals surface area contributed by atoms with E-state index < -0.39 is 0 Å². The zero-order valence-corrected chi connectivity index (χ0v) is 14.7. The van der Waals surface area contributed by atoms with Gasteiger partial charge < -0.3 is 9.80 Å². The molecule has 0 unspecified atom stereocenters. The van der Waals surface area contributed by atoms with Crippen LogP contribution in [-0.4, -0.2) is 34.7 Å². The van der Waals surface area contributed by atoms with Crippen LogP contribution in [0.15, 0.2) is 60.7 Å². The fraction of sp³-hybridized carbons (Fsp3) is 0.273. The smallest absolute Gasteiger partial charge is 0.247 e. The molecule has 4 nitrogen and oxygen atoms in total. The molecule has 132 valence electrons. The van der Waals surface area contributed by atoms with Crippen LogP contribution in [0.5, 0.6) is 0 Å². The van der Waals surface area contributed by atoms with Gasteiger partial charge in [0.25, 0.3) is 0 Å². The highest BCUT2D eigenvalue weighted by Gasteiger charge is 2.21. The van der Waals surface area contributed by atoms with E-state index in [0.29, 0.717) is 26.2 Å². The van der Waals surface area contributed by atoms with Crippen LogP contribution in [0.2, 0.25) is 0 Å². The predicted octanol–water partition coefficient (Wildman–Crippen LogP) is 2.71. The largest absolute Gasteiger partial charge is 0.334 e. The molecule has 4 heteroatoms. The summed E-state index contributed by atoms with van der Waals surface area (Å²) in [6.45, 7) is 2.63. The molecular formula is C22H22N2O2. The average molecular weight is 346 g/mol. The van der Waals surface area contributed by atoms with Crippen LogP contribution in [0.1, 0.15) is 22.3 Å². The molecule has 2 aliphatic rings. The highest BCUT2D eigenvalue weighted by atomic mass is 16.2. The summed E-state index contributed by atoms with van der Waals surface area (Å²) in [5.74, 6) is -0.185. The fourth-order valence-electron chi connectivity index (χ4n) is 3.72. The Morgan fingerprint density at radius 1 is 0.654 bits per heavy atom. The molecule has 0 radical (unpaired) electrons. The van der Waals surface area contributed by atoms with E-state index in [1.54, 1.807) is 9.80 Å². The molecule has 2 aromatic carbocycles. The molecule has 0 atom stereocenters. The van der Waals surface area contributed by atoms with Crippen molar-refractivity contribution in [2.45, 2.75) is 25.9 Å². The summed E-state index contributed by atoms with van der Waals surface area (Å²) in [7, 11) is 0. The summed E-state index contributed by atoms with van der Waals surface area (Å²) < 4.78 is 0. The van der Waals surface area contributed by atoms with E-state index in [-0.39, 0.29) is 11.8 Å². The third-order valence-electron chi connectivity index (χ3n) is 5.25. The molecular weight excluding hydrogens is 324 g/mol. The monoisotopic (exact) mass is 346 g/mol. The first-order valence-corrected chi connectivity index (χ1v) is 9.10. The van der Waals surface area contributed by atoms with Crippen LogP contribution in [0.25, 0.3) is 0 Å². The van der Waals surface area contributed by atoms with Gasteiger partial charge in [-0.3, -0.25) is 9.59 Å². The van der Waals surface area contributed by atoms with E-state index in [9.17, 15) is 9.59 Å². The van der Waals surface area contributed by atoms with Gasteiger partial charge >= 0.3 is 0 Å². The molecule has 2 aromatic rings. The summed E-state index contributed by atoms with van der Waals surface area (Å²) in [5, 5.41) is 0. The van der Waals surface area contributed by atoms with Crippen LogP contribution < -0.4 is 0 Å². The molecule has 2 amide bonds. The predicted molar refractivity (Wildman–Crippen MR) is 100 cm³/mol. The number of carbonyl (C=O) groups excluding carboxylic acids is 2. The highest BCUT2D eigenvalue weighted by molar-refractivity contribution is 5.96. The number of hydrogen-bond acceptors (Lipinski definition) is 2. The van der Waals surface area contributed by atoms with Crippen molar-refractivity contribution in [1.82, 2.24) is 9.80 Å². The first-order chi connectivity index (χ1) is 12.7. The molecule has 2 heterocycles. The van der Waals surface area contributed by atoms with Crippen LogP contribution in [-0.2, 0) is 35.5 Å². The Bertz CT molecular complexity index is 800. The van der Waals surface area contributed by atoms with Gasteiger partial charge in [-0.1, -0.05) is 48.5 Å². The number of amides is 2. The Morgan fingerprint density at radius 2 is 1.04 bits per heavy atom. The standard InChI is InChI=1S/C22H22N2O2/c25-21(23-13-11-17-5-1-3-7-19(17)15-23)9-10-22(26)24-14-12-18-6-2-4-8-20(18)16-24/h1-10H,11-16H2/b10-9-. The highest BCUT2D eigenvalue weighted by Crippen LogP contribution is 2.20. The topological polar surface area (TPSA) is 40.6 Å². The molecule has 0 fully saturated rings. The Hall–Kier alpha value is -2.88. The quantitative estimate of drug-likeness (QED) is 0.785. The zero-order chi connectivity index (χ0) is 17.9. The van der Waals surface area contributed by atoms with Crippen molar-refractivity contribution in [3.8, 4) is 0 Å². The van der Waals surface area contributed by atoms with Crippen molar-refractivity contribution in [2.24, 2.45) is 0 Å². The number of rotatable bonds is 2. The maximum atomic E-state index is 12.5. The number of carbonyl (C=O) groups is 2. The first-order valence-electron chi connectivity index (χ1n) is 9.10. The van der Waals surface area contributed by atoms with E-state index in [0.717, 1.165) is 12.8 Å². The lowest BCUT2D eigenvalue weighted by molar-refractivity contribution is -0.129. The Morgan fingerprint density at radius 3 is 1.46 bits per heavy atom. The number of nitrogens with zero attached hydrogens (tertiary/aromatic N) is 2. The average Bonchev–Trinajstić information content (AvgIpc) is 2.71. The Labute approximate surface area is 153 Å². The summed E-state index contributed by atoms with van der Waals surface area (Å²) >= 11 is 0. The second-order valence-corrected chi connectivity index (χ2v) is 6.89. The van der Waals surface area contributed by atoms with Gasteiger partial charge in [0.1, 0.15) is 0 Å². The summed E-state index contributed by atoms with van der Waals surface area (Å²) in [5.41, 5.74) is 5.01. The van der Waals surface area contributed by atoms with Gasteiger partial charge in [0, 0.05) is 38.3 Å². The molecule has 2 aliphatic heterocycles. The lowest BCUT2D eigenvalue weighted by Gasteiger charge is -2.29. The number of fused-ring (bicyclic) bond motifs is 2. The van der Waals surface area contributed by atoms with Crippen molar-refractivity contribution in [1.29, 1.82) is 0 Å². The molecule has 26 heavy (non-hydrogen) atoms. The van der Waals surface area contributed by atoms with Gasteiger partial charge in [-0.15, -0.1) is 0 Å². The van der Waals surface area contributed by atoms with Crippen LogP contribution >= 0.6 is 0 Å². The third kappa shape index (κ3) is 3.40. The minimum Gasteiger partial charge on any atom is -0.334 e. The molecule has 0 saturated carbocycles. The lowest BCUT2D eigenvalue weighted by atomic mass is 9.99. The third-order valence-corrected chi connectivity index (χ3v) is 5.25. The first kappa shape index (κ1) is 16.6. The molecule has 0 N–H and O–H groups in total. The van der Waals surface area contributed by atoms with E-state index >= 15 is 0 Å². The normalized spacial score (nSPS) is 16.3. The van der Waals surface area contributed by atoms with Gasteiger partial charge in [-0.2, -0.15) is 0 Å². The minimum absolute atomic E-state index is 0.0923.